The molecule has 2 saturated heterocycles. The number of carbonyl (C=O) groups is 1. The quantitative estimate of drug-likeness (QED) is 0.719. The first-order chi connectivity index (χ1) is 8.48. The van der Waals surface area contributed by atoms with Gasteiger partial charge in [-0.15, -0.1) is 0 Å². The highest BCUT2D eigenvalue weighted by atomic mass is 16.5. The lowest BCUT2D eigenvalue weighted by atomic mass is 9.76. The van der Waals surface area contributed by atoms with Gasteiger partial charge in [-0.05, 0) is 37.0 Å². The number of amides is 1. The maximum Gasteiger partial charge on any atom is 0.225 e. The van der Waals surface area contributed by atoms with E-state index < -0.39 is 0 Å². The van der Waals surface area contributed by atoms with Crippen molar-refractivity contribution in [2.75, 3.05) is 26.3 Å². The molecule has 0 aliphatic carbocycles. The topological polar surface area (TPSA) is 29.5 Å². The molecule has 0 bridgehead atoms. The molecular formula is C15H27NO2. The van der Waals surface area contributed by atoms with Crippen molar-refractivity contribution >= 4 is 5.91 Å². The number of ether oxygens (including phenoxy) is 1. The van der Waals surface area contributed by atoms with E-state index in [0.29, 0.717) is 17.2 Å². The molecule has 2 aliphatic rings. The summed E-state index contributed by atoms with van der Waals surface area (Å²) in [6.45, 7) is 10.3. The van der Waals surface area contributed by atoms with Crippen LogP contribution in [0.25, 0.3) is 0 Å². The third-order valence-electron chi connectivity index (χ3n) is 4.53. The van der Waals surface area contributed by atoms with Gasteiger partial charge in [0.1, 0.15) is 0 Å². The molecule has 0 spiro atoms. The standard InChI is InChI=1S/C15H27NO2/c1-15(2,3)13-5-4-8-16(11-13)14(17)12-6-9-18-10-7-12/h12-13H,4-11H2,1-3H3. The monoisotopic (exact) mass is 253 g/mol. The fraction of sp³-hybridized carbons (Fsp3) is 0.933. The Morgan fingerprint density at radius 2 is 1.83 bits per heavy atom. The van der Waals surface area contributed by atoms with Crippen molar-refractivity contribution in [3.05, 3.63) is 0 Å². The van der Waals surface area contributed by atoms with Crippen molar-refractivity contribution in [3.63, 3.8) is 0 Å². The largest absolute Gasteiger partial charge is 0.381 e. The van der Waals surface area contributed by atoms with Crippen molar-refractivity contribution in [3.8, 4) is 0 Å². The molecule has 1 atom stereocenters. The molecule has 104 valence electrons. The first-order valence-corrected chi connectivity index (χ1v) is 7.35. The number of rotatable bonds is 1. The maximum atomic E-state index is 12.5. The first-order valence-electron chi connectivity index (χ1n) is 7.35. The third-order valence-corrected chi connectivity index (χ3v) is 4.53. The molecule has 0 saturated carbocycles. The van der Waals surface area contributed by atoms with Gasteiger partial charge in [0.2, 0.25) is 5.91 Å². The van der Waals surface area contributed by atoms with Gasteiger partial charge >= 0.3 is 0 Å². The van der Waals surface area contributed by atoms with Crippen molar-refractivity contribution < 1.29 is 9.53 Å². The highest BCUT2D eigenvalue weighted by molar-refractivity contribution is 5.79. The van der Waals surface area contributed by atoms with E-state index in [2.05, 4.69) is 25.7 Å². The number of hydrogen-bond donors (Lipinski definition) is 0. The summed E-state index contributed by atoms with van der Waals surface area (Å²) in [5, 5.41) is 0. The second-order valence-corrected chi connectivity index (χ2v) is 6.88. The van der Waals surface area contributed by atoms with E-state index in [4.69, 9.17) is 4.74 Å². The molecule has 1 unspecified atom stereocenters. The molecule has 18 heavy (non-hydrogen) atoms. The lowest BCUT2D eigenvalue weighted by Crippen LogP contribution is -2.46. The summed E-state index contributed by atoms with van der Waals surface area (Å²) in [7, 11) is 0. The number of carbonyl (C=O) groups excluding carboxylic acids is 1. The minimum Gasteiger partial charge on any atom is -0.381 e. The zero-order valence-electron chi connectivity index (χ0n) is 12.1. The Morgan fingerprint density at radius 1 is 1.17 bits per heavy atom. The summed E-state index contributed by atoms with van der Waals surface area (Å²) < 4.78 is 5.34. The van der Waals surface area contributed by atoms with Gasteiger partial charge in [0, 0.05) is 32.2 Å². The Kier molecular flexibility index (Phi) is 4.31. The van der Waals surface area contributed by atoms with Crippen LogP contribution >= 0.6 is 0 Å². The van der Waals surface area contributed by atoms with Gasteiger partial charge in [0.15, 0.2) is 0 Å². The minimum absolute atomic E-state index is 0.220. The predicted octanol–water partition coefficient (Wildman–Crippen LogP) is 2.70. The van der Waals surface area contributed by atoms with Crippen molar-refractivity contribution in [1.82, 2.24) is 4.90 Å². The molecule has 2 rings (SSSR count). The molecule has 0 aromatic heterocycles. The number of hydrogen-bond acceptors (Lipinski definition) is 2. The highest BCUT2D eigenvalue weighted by Gasteiger charge is 2.34. The van der Waals surface area contributed by atoms with Crippen LogP contribution in [0.4, 0.5) is 0 Å². The first kappa shape index (κ1) is 13.9. The molecule has 0 N–H and O–H groups in total. The summed E-state index contributed by atoms with van der Waals surface area (Å²) in [6.07, 6.45) is 4.25. The lowest BCUT2D eigenvalue weighted by Gasteiger charge is -2.41. The van der Waals surface area contributed by atoms with Gasteiger partial charge in [-0.25, -0.2) is 0 Å². The van der Waals surface area contributed by atoms with Crippen LogP contribution in [-0.2, 0) is 9.53 Å². The van der Waals surface area contributed by atoms with E-state index in [9.17, 15) is 4.79 Å². The lowest BCUT2D eigenvalue weighted by molar-refractivity contribution is -0.141. The van der Waals surface area contributed by atoms with Crippen molar-refractivity contribution in [1.29, 1.82) is 0 Å². The van der Waals surface area contributed by atoms with E-state index in [1.807, 2.05) is 0 Å². The Bertz CT molecular complexity index is 289. The van der Waals surface area contributed by atoms with Gasteiger partial charge in [0.25, 0.3) is 0 Å². The molecule has 3 nitrogen and oxygen atoms in total. The molecular weight excluding hydrogens is 226 g/mol. The van der Waals surface area contributed by atoms with Crippen LogP contribution in [0.1, 0.15) is 46.5 Å². The Hall–Kier alpha value is -0.570. The summed E-state index contributed by atoms with van der Waals surface area (Å²) >= 11 is 0. The number of piperidine rings is 1. The van der Waals surface area contributed by atoms with E-state index in [-0.39, 0.29) is 5.92 Å². The third kappa shape index (κ3) is 3.25. The van der Waals surface area contributed by atoms with E-state index in [0.717, 1.165) is 45.6 Å². The SMILES string of the molecule is CC(C)(C)C1CCCN(C(=O)C2CCOCC2)C1. The fourth-order valence-corrected chi connectivity index (χ4v) is 3.09. The number of likely N-dealkylation sites (tertiary alicyclic amines) is 1. The molecule has 0 radical (unpaired) electrons. The van der Waals surface area contributed by atoms with Crippen LogP contribution < -0.4 is 0 Å². The molecule has 0 aromatic rings. The zero-order valence-corrected chi connectivity index (χ0v) is 12.1. The summed E-state index contributed by atoms with van der Waals surface area (Å²) in [5.74, 6) is 1.25. The van der Waals surface area contributed by atoms with Crippen LogP contribution in [0.3, 0.4) is 0 Å². The van der Waals surface area contributed by atoms with Gasteiger partial charge < -0.3 is 9.64 Å². The van der Waals surface area contributed by atoms with Crippen LogP contribution in [0.2, 0.25) is 0 Å². The molecule has 0 aromatic carbocycles. The fourth-order valence-electron chi connectivity index (χ4n) is 3.09. The van der Waals surface area contributed by atoms with E-state index in [1.54, 1.807) is 0 Å². The van der Waals surface area contributed by atoms with Crippen LogP contribution in [-0.4, -0.2) is 37.1 Å². The zero-order chi connectivity index (χ0) is 13.2. The van der Waals surface area contributed by atoms with Crippen LogP contribution in [0, 0.1) is 17.3 Å². The van der Waals surface area contributed by atoms with Crippen molar-refractivity contribution in [2.24, 2.45) is 17.3 Å². The van der Waals surface area contributed by atoms with Gasteiger partial charge in [-0.1, -0.05) is 20.8 Å². The molecule has 2 fully saturated rings. The van der Waals surface area contributed by atoms with E-state index in [1.165, 1.54) is 6.42 Å². The van der Waals surface area contributed by atoms with Crippen LogP contribution in [0.15, 0.2) is 0 Å². The van der Waals surface area contributed by atoms with E-state index >= 15 is 0 Å². The Morgan fingerprint density at radius 3 is 2.44 bits per heavy atom. The predicted molar refractivity (Wildman–Crippen MR) is 72.3 cm³/mol. The minimum atomic E-state index is 0.220. The van der Waals surface area contributed by atoms with Gasteiger partial charge in [-0.2, -0.15) is 0 Å². The summed E-state index contributed by atoms with van der Waals surface area (Å²) in [4.78, 5) is 14.6. The highest BCUT2D eigenvalue weighted by Crippen LogP contribution is 2.34. The van der Waals surface area contributed by atoms with Gasteiger partial charge in [-0.3, -0.25) is 4.79 Å². The molecule has 2 heterocycles. The molecule has 3 heteroatoms. The van der Waals surface area contributed by atoms with Crippen LogP contribution in [0.5, 0.6) is 0 Å². The van der Waals surface area contributed by atoms with Gasteiger partial charge in [0.05, 0.1) is 0 Å². The average Bonchev–Trinajstić information content (AvgIpc) is 2.38. The number of nitrogens with zero attached hydrogens (tertiary/aromatic N) is 1. The molecule has 1 amide bonds. The second-order valence-electron chi connectivity index (χ2n) is 6.88. The summed E-state index contributed by atoms with van der Waals surface area (Å²) in [5.41, 5.74) is 0.314. The smallest absolute Gasteiger partial charge is 0.225 e. The van der Waals surface area contributed by atoms with Crippen molar-refractivity contribution in [2.45, 2.75) is 46.5 Å². The normalized spacial score (nSPS) is 27.3. The summed E-state index contributed by atoms with van der Waals surface area (Å²) in [6, 6.07) is 0. The maximum absolute atomic E-state index is 12.5. The molecule has 2 aliphatic heterocycles. The average molecular weight is 253 g/mol. The second kappa shape index (κ2) is 5.60. The Balaban J connectivity index is 1.93. The Labute approximate surface area is 111 Å².